The second kappa shape index (κ2) is 6.50. The molecule has 0 aliphatic carbocycles. The van der Waals surface area contributed by atoms with Crippen molar-refractivity contribution >= 4 is 6.03 Å². The molecule has 1 heterocycles. The van der Waals surface area contributed by atoms with Gasteiger partial charge in [-0.3, -0.25) is 0 Å². The Kier molecular flexibility index (Phi) is 5.28. The number of nitrogens with one attached hydrogen (secondary N) is 1. The number of rotatable bonds is 4. The first kappa shape index (κ1) is 13.0. The van der Waals surface area contributed by atoms with Crippen LogP contribution >= 0.6 is 0 Å². The van der Waals surface area contributed by atoms with Crippen LogP contribution in [0.1, 0.15) is 26.2 Å². The third-order valence-electron chi connectivity index (χ3n) is 2.27. The Bertz CT molecular complexity index is 250. The minimum absolute atomic E-state index is 0.280. The molecule has 0 unspecified atom stereocenters. The van der Waals surface area contributed by atoms with Crippen LogP contribution in [-0.4, -0.2) is 37.4 Å². The number of hydrogen-bond acceptors (Lipinski definition) is 3. The maximum absolute atomic E-state index is 11.5. The van der Waals surface area contributed by atoms with Crippen molar-refractivity contribution in [3.05, 3.63) is 12.2 Å². The summed E-state index contributed by atoms with van der Waals surface area (Å²) in [6, 6.07) is -0.280. The fourth-order valence-electron chi connectivity index (χ4n) is 1.47. The van der Waals surface area contributed by atoms with Gasteiger partial charge in [-0.05, 0) is 19.8 Å². The van der Waals surface area contributed by atoms with Crippen LogP contribution < -0.4 is 5.48 Å². The highest BCUT2D eigenvalue weighted by molar-refractivity contribution is 5.72. The number of urea groups is 1. The van der Waals surface area contributed by atoms with E-state index in [4.69, 9.17) is 9.57 Å². The molecule has 0 aromatic rings. The molecule has 5 heteroatoms. The van der Waals surface area contributed by atoms with Crippen molar-refractivity contribution in [3.8, 4) is 0 Å². The lowest BCUT2D eigenvalue weighted by Crippen LogP contribution is -2.41. The highest BCUT2D eigenvalue weighted by Crippen LogP contribution is 2.12. The van der Waals surface area contributed by atoms with Gasteiger partial charge in [0, 0.05) is 26.6 Å². The summed E-state index contributed by atoms with van der Waals surface area (Å²) in [5, 5.41) is 0. The van der Waals surface area contributed by atoms with Crippen LogP contribution in [0.4, 0.5) is 4.79 Å². The van der Waals surface area contributed by atoms with Gasteiger partial charge in [0.15, 0.2) is 6.29 Å². The molecule has 1 aliphatic heterocycles. The maximum atomic E-state index is 11.5. The SMILES string of the molecule is C=C(C)CN(C)C(=O)NO[C@@H]1CCCCO1. The lowest BCUT2D eigenvalue weighted by Gasteiger charge is -2.24. The van der Waals surface area contributed by atoms with Crippen LogP contribution in [0.15, 0.2) is 12.2 Å². The van der Waals surface area contributed by atoms with Crippen LogP contribution in [0, 0.1) is 0 Å². The van der Waals surface area contributed by atoms with E-state index < -0.39 is 0 Å². The Morgan fingerprint density at radius 3 is 2.94 bits per heavy atom. The van der Waals surface area contributed by atoms with Gasteiger partial charge in [0.25, 0.3) is 0 Å². The first-order chi connectivity index (χ1) is 7.59. The van der Waals surface area contributed by atoms with Gasteiger partial charge >= 0.3 is 6.03 Å². The van der Waals surface area contributed by atoms with Crippen LogP contribution in [0.3, 0.4) is 0 Å². The average Bonchev–Trinajstić information content (AvgIpc) is 2.26. The normalized spacial score (nSPS) is 20.2. The minimum Gasteiger partial charge on any atom is -0.350 e. The summed E-state index contributed by atoms with van der Waals surface area (Å²) < 4.78 is 5.32. The lowest BCUT2D eigenvalue weighted by atomic mass is 10.2. The second-order valence-electron chi connectivity index (χ2n) is 4.13. The average molecular weight is 228 g/mol. The number of hydroxylamine groups is 1. The summed E-state index contributed by atoms with van der Waals surface area (Å²) in [4.78, 5) is 18.2. The standard InChI is InChI=1S/C11H20N2O3/c1-9(2)8-13(3)11(14)12-16-10-6-4-5-7-15-10/h10H,1,4-8H2,2-3H3,(H,12,14)/t10-/m1/s1. The zero-order chi connectivity index (χ0) is 12.0. The van der Waals surface area contributed by atoms with Gasteiger partial charge in [0.2, 0.25) is 0 Å². The van der Waals surface area contributed by atoms with Gasteiger partial charge in [-0.1, -0.05) is 12.2 Å². The Morgan fingerprint density at radius 1 is 1.62 bits per heavy atom. The van der Waals surface area contributed by atoms with E-state index in [9.17, 15) is 4.79 Å². The molecule has 0 bridgehead atoms. The first-order valence-corrected chi connectivity index (χ1v) is 5.52. The van der Waals surface area contributed by atoms with Crippen molar-refractivity contribution in [1.82, 2.24) is 10.4 Å². The molecule has 16 heavy (non-hydrogen) atoms. The molecule has 2 amide bonds. The second-order valence-corrected chi connectivity index (χ2v) is 4.13. The molecule has 92 valence electrons. The van der Waals surface area contributed by atoms with E-state index >= 15 is 0 Å². The monoisotopic (exact) mass is 228 g/mol. The zero-order valence-electron chi connectivity index (χ0n) is 9.99. The molecule has 0 radical (unpaired) electrons. The Morgan fingerprint density at radius 2 is 2.38 bits per heavy atom. The molecule has 5 nitrogen and oxygen atoms in total. The number of carbonyl (C=O) groups is 1. The Labute approximate surface area is 96.3 Å². The van der Waals surface area contributed by atoms with Gasteiger partial charge in [0.1, 0.15) is 0 Å². The summed E-state index contributed by atoms with van der Waals surface area (Å²) in [5.41, 5.74) is 3.30. The summed E-state index contributed by atoms with van der Waals surface area (Å²) in [7, 11) is 1.69. The number of ether oxygens (including phenoxy) is 1. The smallest absolute Gasteiger partial charge is 0.341 e. The molecule has 0 aromatic heterocycles. The number of carbonyl (C=O) groups excluding carboxylic acids is 1. The highest BCUT2D eigenvalue weighted by atomic mass is 16.8. The predicted molar refractivity (Wildman–Crippen MR) is 60.7 cm³/mol. The van der Waals surface area contributed by atoms with Gasteiger partial charge in [-0.15, -0.1) is 0 Å². The van der Waals surface area contributed by atoms with E-state index in [1.165, 1.54) is 4.90 Å². The van der Waals surface area contributed by atoms with Crippen LogP contribution in [0.5, 0.6) is 0 Å². The molecular weight excluding hydrogens is 208 g/mol. The van der Waals surface area contributed by atoms with E-state index in [1.54, 1.807) is 7.05 Å². The summed E-state index contributed by atoms with van der Waals surface area (Å²) in [5.74, 6) is 0. The first-order valence-electron chi connectivity index (χ1n) is 5.52. The summed E-state index contributed by atoms with van der Waals surface area (Å²) in [6.07, 6.45) is 2.65. The zero-order valence-corrected chi connectivity index (χ0v) is 9.99. The number of nitrogens with zero attached hydrogens (tertiary/aromatic N) is 1. The van der Waals surface area contributed by atoms with E-state index in [1.807, 2.05) is 6.92 Å². The molecule has 0 spiro atoms. The topological polar surface area (TPSA) is 50.8 Å². The van der Waals surface area contributed by atoms with E-state index in [-0.39, 0.29) is 12.3 Å². The largest absolute Gasteiger partial charge is 0.350 e. The van der Waals surface area contributed by atoms with Crippen molar-refractivity contribution < 1.29 is 14.4 Å². The molecule has 0 saturated carbocycles. The van der Waals surface area contributed by atoms with Crippen molar-refractivity contribution in [2.75, 3.05) is 20.2 Å². The van der Waals surface area contributed by atoms with E-state index in [2.05, 4.69) is 12.1 Å². The number of hydrogen-bond donors (Lipinski definition) is 1. The molecular formula is C11H20N2O3. The quantitative estimate of drug-likeness (QED) is 0.588. The number of amides is 2. The predicted octanol–water partition coefficient (Wildman–Crippen LogP) is 1.66. The third-order valence-corrected chi connectivity index (χ3v) is 2.27. The van der Waals surface area contributed by atoms with Gasteiger partial charge in [-0.25, -0.2) is 15.1 Å². The van der Waals surface area contributed by atoms with Crippen LogP contribution in [0.25, 0.3) is 0 Å². The van der Waals surface area contributed by atoms with Crippen LogP contribution in [-0.2, 0) is 9.57 Å². The molecule has 1 atom stereocenters. The Hall–Kier alpha value is -1.07. The van der Waals surface area contributed by atoms with E-state index in [0.717, 1.165) is 24.8 Å². The van der Waals surface area contributed by atoms with E-state index in [0.29, 0.717) is 13.2 Å². The van der Waals surface area contributed by atoms with Gasteiger partial charge < -0.3 is 9.64 Å². The molecule has 1 aliphatic rings. The molecule has 1 fully saturated rings. The highest BCUT2D eigenvalue weighted by Gasteiger charge is 2.16. The maximum Gasteiger partial charge on any atom is 0.341 e. The third kappa shape index (κ3) is 4.63. The van der Waals surface area contributed by atoms with Crippen molar-refractivity contribution in [1.29, 1.82) is 0 Å². The van der Waals surface area contributed by atoms with Crippen molar-refractivity contribution in [3.63, 3.8) is 0 Å². The fourth-order valence-corrected chi connectivity index (χ4v) is 1.47. The number of likely N-dealkylation sites (N-methyl/N-ethyl adjacent to an activating group) is 1. The molecule has 1 rings (SSSR count). The molecule has 1 N–H and O–H groups in total. The van der Waals surface area contributed by atoms with Crippen molar-refractivity contribution in [2.24, 2.45) is 0 Å². The molecule has 1 saturated heterocycles. The molecule has 0 aromatic carbocycles. The summed E-state index contributed by atoms with van der Waals surface area (Å²) in [6.45, 7) is 6.82. The van der Waals surface area contributed by atoms with Gasteiger partial charge in [0.05, 0.1) is 0 Å². The fraction of sp³-hybridized carbons (Fsp3) is 0.727. The summed E-state index contributed by atoms with van der Waals surface area (Å²) >= 11 is 0. The van der Waals surface area contributed by atoms with Gasteiger partial charge in [-0.2, -0.15) is 0 Å². The lowest BCUT2D eigenvalue weighted by molar-refractivity contribution is -0.187. The van der Waals surface area contributed by atoms with Crippen LogP contribution in [0.2, 0.25) is 0 Å². The Balaban J connectivity index is 2.20. The van der Waals surface area contributed by atoms with Crippen molar-refractivity contribution in [2.45, 2.75) is 32.5 Å². The minimum atomic E-state index is -0.309.